The normalized spacial score (nSPS) is 16.5. The molecule has 0 bridgehead atoms. The summed E-state index contributed by atoms with van der Waals surface area (Å²) in [7, 11) is 0. The van der Waals surface area contributed by atoms with Crippen LogP contribution in [-0.4, -0.2) is 23.0 Å². The lowest BCUT2D eigenvalue weighted by molar-refractivity contribution is -0.137. The van der Waals surface area contributed by atoms with E-state index in [-0.39, 0.29) is 10.8 Å². The van der Waals surface area contributed by atoms with E-state index in [9.17, 15) is 32.7 Å². The average molecular weight is 411 g/mol. The first kappa shape index (κ1) is 19.4. The number of amides is 4. The van der Waals surface area contributed by atoms with E-state index in [1.54, 1.807) is 0 Å². The fourth-order valence-corrected chi connectivity index (χ4v) is 2.68. The molecule has 3 rings (SSSR count). The molecule has 1 fully saturated rings. The van der Waals surface area contributed by atoms with Gasteiger partial charge in [0, 0.05) is 0 Å². The maximum atomic E-state index is 13.0. The minimum absolute atomic E-state index is 0.0471. The second-order valence-electron chi connectivity index (χ2n) is 5.71. The van der Waals surface area contributed by atoms with Gasteiger partial charge >= 0.3 is 12.2 Å². The number of phenols is 1. The van der Waals surface area contributed by atoms with Crippen molar-refractivity contribution in [2.75, 3.05) is 4.90 Å². The van der Waals surface area contributed by atoms with Crippen molar-refractivity contribution < 1.29 is 32.7 Å². The van der Waals surface area contributed by atoms with Crippen molar-refractivity contribution in [1.82, 2.24) is 5.32 Å². The van der Waals surface area contributed by atoms with E-state index in [4.69, 9.17) is 11.6 Å². The maximum absolute atomic E-state index is 13.0. The molecule has 1 aliphatic heterocycles. The number of aromatic hydroxyl groups is 1. The number of nitrogens with one attached hydrogen (secondary N) is 1. The molecule has 144 valence electrons. The van der Waals surface area contributed by atoms with E-state index in [0.29, 0.717) is 22.6 Å². The topological polar surface area (TPSA) is 86.7 Å². The zero-order chi connectivity index (χ0) is 20.6. The van der Waals surface area contributed by atoms with Crippen LogP contribution in [0.3, 0.4) is 0 Å². The van der Waals surface area contributed by atoms with Crippen LogP contribution >= 0.6 is 11.6 Å². The van der Waals surface area contributed by atoms with Crippen LogP contribution in [0.1, 0.15) is 11.1 Å². The Morgan fingerprint density at radius 2 is 1.68 bits per heavy atom. The summed E-state index contributed by atoms with van der Waals surface area (Å²) in [5, 5.41) is 10.9. The summed E-state index contributed by atoms with van der Waals surface area (Å²) in [6.45, 7) is 0. The Morgan fingerprint density at radius 3 is 2.29 bits per heavy atom. The van der Waals surface area contributed by atoms with Crippen LogP contribution in [0.2, 0.25) is 5.02 Å². The van der Waals surface area contributed by atoms with E-state index in [1.165, 1.54) is 24.3 Å². The van der Waals surface area contributed by atoms with Crippen LogP contribution in [-0.2, 0) is 15.8 Å². The minimum atomic E-state index is -4.73. The molecule has 6 nitrogen and oxygen atoms in total. The molecule has 0 aliphatic carbocycles. The van der Waals surface area contributed by atoms with Crippen LogP contribution in [0, 0.1) is 0 Å². The monoisotopic (exact) mass is 410 g/mol. The first-order chi connectivity index (χ1) is 13.1. The van der Waals surface area contributed by atoms with Gasteiger partial charge < -0.3 is 5.11 Å². The number of imide groups is 2. The summed E-state index contributed by atoms with van der Waals surface area (Å²) in [6.07, 6.45) is -3.59. The van der Waals surface area contributed by atoms with E-state index in [0.717, 1.165) is 12.1 Å². The predicted octanol–water partition coefficient (Wildman–Crippen LogP) is 3.73. The minimum Gasteiger partial charge on any atom is -0.508 e. The molecule has 10 heteroatoms. The second kappa shape index (κ2) is 7.01. The molecule has 0 spiro atoms. The summed E-state index contributed by atoms with van der Waals surface area (Å²) in [5.74, 6) is -2.19. The summed E-state index contributed by atoms with van der Waals surface area (Å²) < 4.78 is 39.0. The summed E-state index contributed by atoms with van der Waals surface area (Å²) in [4.78, 5) is 37.3. The number of carbonyl (C=O) groups is 3. The van der Waals surface area contributed by atoms with Crippen LogP contribution in [0.25, 0.3) is 6.08 Å². The van der Waals surface area contributed by atoms with Crippen LogP contribution in [0.4, 0.5) is 23.7 Å². The third-order valence-electron chi connectivity index (χ3n) is 3.82. The van der Waals surface area contributed by atoms with Crippen molar-refractivity contribution in [2.45, 2.75) is 6.18 Å². The van der Waals surface area contributed by atoms with Crippen LogP contribution in [0.5, 0.6) is 5.75 Å². The highest BCUT2D eigenvalue weighted by molar-refractivity contribution is 6.42. The Bertz CT molecular complexity index is 1020. The zero-order valence-corrected chi connectivity index (χ0v) is 14.5. The number of carbonyl (C=O) groups excluding carboxylic acids is 3. The van der Waals surface area contributed by atoms with Gasteiger partial charge in [0.25, 0.3) is 11.8 Å². The smallest absolute Gasteiger partial charge is 0.416 e. The Labute approximate surface area is 160 Å². The van der Waals surface area contributed by atoms with Gasteiger partial charge in [-0.15, -0.1) is 0 Å². The van der Waals surface area contributed by atoms with E-state index in [1.807, 2.05) is 5.32 Å². The average Bonchev–Trinajstić information content (AvgIpc) is 2.60. The molecule has 1 heterocycles. The van der Waals surface area contributed by atoms with Crippen LogP contribution < -0.4 is 10.2 Å². The molecule has 1 saturated heterocycles. The van der Waals surface area contributed by atoms with Gasteiger partial charge in [-0.2, -0.15) is 13.2 Å². The number of anilines is 1. The molecule has 0 aromatic heterocycles. The Kier molecular flexibility index (Phi) is 4.86. The second-order valence-corrected chi connectivity index (χ2v) is 6.12. The highest BCUT2D eigenvalue weighted by Gasteiger charge is 2.39. The highest BCUT2D eigenvalue weighted by atomic mass is 35.5. The number of hydrogen-bond acceptors (Lipinski definition) is 4. The SMILES string of the molecule is O=C1NC(=O)N(c2cc(C(F)(F)F)ccc2Cl)C(=O)C1=Cc1ccc(O)cc1. The third-order valence-corrected chi connectivity index (χ3v) is 4.14. The zero-order valence-electron chi connectivity index (χ0n) is 13.7. The molecule has 4 amide bonds. The molecule has 0 unspecified atom stereocenters. The Hall–Kier alpha value is -3.33. The van der Waals surface area contributed by atoms with Gasteiger partial charge in [-0.1, -0.05) is 23.7 Å². The number of benzene rings is 2. The fraction of sp³-hybridized carbons (Fsp3) is 0.0556. The van der Waals surface area contributed by atoms with Gasteiger partial charge in [0.15, 0.2) is 0 Å². The fourth-order valence-electron chi connectivity index (χ4n) is 2.47. The lowest BCUT2D eigenvalue weighted by Gasteiger charge is -2.27. The number of rotatable bonds is 2. The van der Waals surface area contributed by atoms with Crippen molar-refractivity contribution in [3.63, 3.8) is 0 Å². The van der Waals surface area contributed by atoms with Crippen molar-refractivity contribution >= 4 is 41.2 Å². The standard InChI is InChI=1S/C18H10ClF3N2O4/c19-13-6-3-10(18(20,21)22)8-14(13)24-16(27)12(15(26)23-17(24)28)7-9-1-4-11(25)5-2-9/h1-8,25H,(H,23,26,28). The Balaban J connectivity index is 2.07. The number of alkyl halides is 3. The van der Waals surface area contributed by atoms with Gasteiger partial charge in [-0.3, -0.25) is 14.9 Å². The van der Waals surface area contributed by atoms with Gasteiger partial charge in [0.2, 0.25) is 0 Å². The van der Waals surface area contributed by atoms with Crippen molar-refractivity contribution in [2.24, 2.45) is 0 Å². The van der Waals surface area contributed by atoms with Crippen molar-refractivity contribution in [1.29, 1.82) is 0 Å². The highest BCUT2D eigenvalue weighted by Crippen LogP contribution is 2.36. The van der Waals surface area contributed by atoms with Gasteiger partial charge in [-0.05, 0) is 42.0 Å². The molecule has 28 heavy (non-hydrogen) atoms. The molecule has 2 aromatic carbocycles. The van der Waals surface area contributed by atoms with Crippen molar-refractivity contribution in [3.8, 4) is 5.75 Å². The first-order valence-electron chi connectivity index (χ1n) is 7.65. The molecular formula is C18H10ClF3N2O4. The number of nitrogens with zero attached hydrogens (tertiary/aromatic N) is 1. The number of hydrogen-bond donors (Lipinski definition) is 2. The quantitative estimate of drug-likeness (QED) is 0.583. The third kappa shape index (κ3) is 3.70. The van der Waals surface area contributed by atoms with Crippen molar-refractivity contribution in [3.05, 3.63) is 64.2 Å². The molecule has 0 atom stereocenters. The van der Waals surface area contributed by atoms with Gasteiger partial charge in [0.05, 0.1) is 16.3 Å². The maximum Gasteiger partial charge on any atom is 0.416 e. The Morgan fingerprint density at radius 1 is 1.04 bits per heavy atom. The summed E-state index contributed by atoms with van der Waals surface area (Å²) >= 11 is 5.90. The van der Waals surface area contributed by atoms with E-state index in [2.05, 4.69) is 0 Å². The summed E-state index contributed by atoms with van der Waals surface area (Å²) in [5.41, 5.74) is -1.77. The molecule has 1 aliphatic rings. The lowest BCUT2D eigenvalue weighted by atomic mass is 10.1. The largest absolute Gasteiger partial charge is 0.508 e. The molecule has 0 saturated carbocycles. The predicted molar refractivity (Wildman–Crippen MR) is 93.6 cm³/mol. The van der Waals surface area contributed by atoms with Gasteiger partial charge in [0.1, 0.15) is 11.3 Å². The molecule has 0 radical (unpaired) electrons. The van der Waals surface area contributed by atoms with Crippen LogP contribution in [0.15, 0.2) is 48.0 Å². The van der Waals surface area contributed by atoms with E-state index < -0.39 is 40.8 Å². The molecule has 2 aromatic rings. The molecular weight excluding hydrogens is 401 g/mol. The van der Waals surface area contributed by atoms with Gasteiger partial charge in [-0.25, -0.2) is 9.69 Å². The number of halogens is 4. The first-order valence-corrected chi connectivity index (χ1v) is 8.03. The number of urea groups is 1. The summed E-state index contributed by atoms with van der Waals surface area (Å²) in [6, 6.07) is 6.36. The lowest BCUT2D eigenvalue weighted by Crippen LogP contribution is -2.54. The number of phenolic OH excluding ortho intramolecular Hbond substituents is 1. The number of barbiturate groups is 1. The van der Waals surface area contributed by atoms with E-state index >= 15 is 0 Å². The molecule has 2 N–H and O–H groups in total.